The van der Waals surface area contributed by atoms with Crippen LogP contribution in [-0.2, 0) is 26.0 Å². The molecule has 154 valence electrons. The van der Waals surface area contributed by atoms with Crippen LogP contribution in [0.2, 0.25) is 0 Å². The van der Waals surface area contributed by atoms with Crippen molar-refractivity contribution in [2.45, 2.75) is 26.3 Å². The number of carbonyl (C=O) groups excluding carboxylic acids is 2. The number of hydrogen-bond donors (Lipinski definition) is 0. The molecule has 0 spiro atoms. The maximum Gasteiger partial charge on any atom is 0.338 e. The van der Waals surface area contributed by atoms with Gasteiger partial charge in [-0.25, -0.2) is 13.2 Å². The molecular formula is C21H24N2O5S. The number of benzene rings is 2. The van der Waals surface area contributed by atoms with Gasteiger partial charge in [0.15, 0.2) is 6.61 Å². The number of rotatable bonds is 6. The Kier molecular flexibility index (Phi) is 5.93. The summed E-state index contributed by atoms with van der Waals surface area (Å²) >= 11 is 0. The maximum atomic E-state index is 12.6. The highest BCUT2D eigenvalue weighted by Crippen LogP contribution is 2.30. The first-order valence-electron chi connectivity index (χ1n) is 9.33. The predicted molar refractivity (Wildman–Crippen MR) is 112 cm³/mol. The van der Waals surface area contributed by atoms with Crippen molar-refractivity contribution in [2.24, 2.45) is 0 Å². The number of amides is 1. The molecule has 0 unspecified atom stereocenters. The van der Waals surface area contributed by atoms with Crippen LogP contribution in [0.3, 0.4) is 0 Å². The third-order valence-corrected chi connectivity index (χ3v) is 5.89. The van der Waals surface area contributed by atoms with Crippen molar-refractivity contribution < 1.29 is 22.7 Å². The predicted octanol–water partition coefficient (Wildman–Crippen LogP) is 2.61. The molecule has 3 rings (SSSR count). The van der Waals surface area contributed by atoms with E-state index in [1.165, 1.54) is 10.4 Å². The Bertz CT molecular complexity index is 1020. The van der Waals surface area contributed by atoms with Gasteiger partial charge in [-0.15, -0.1) is 0 Å². The summed E-state index contributed by atoms with van der Waals surface area (Å²) in [7, 11) is -3.35. The second kappa shape index (κ2) is 8.24. The Morgan fingerprint density at radius 3 is 2.45 bits per heavy atom. The highest BCUT2D eigenvalue weighted by atomic mass is 32.2. The van der Waals surface area contributed by atoms with Crippen molar-refractivity contribution in [3.05, 3.63) is 59.7 Å². The molecule has 0 N–H and O–H groups in total. The van der Waals surface area contributed by atoms with Gasteiger partial charge >= 0.3 is 5.97 Å². The first-order valence-corrected chi connectivity index (χ1v) is 11.2. The third kappa shape index (κ3) is 4.59. The Balaban J connectivity index is 1.69. The lowest BCUT2D eigenvalue weighted by Crippen LogP contribution is -2.39. The van der Waals surface area contributed by atoms with Gasteiger partial charge in [0, 0.05) is 18.3 Å². The van der Waals surface area contributed by atoms with Crippen molar-refractivity contribution in [1.29, 1.82) is 0 Å². The van der Waals surface area contributed by atoms with Crippen molar-refractivity contribution >= 4 is 33.3 Å². The molecule has 7 nitrogen and oxygen atoms in total. The first-order chi connectivity index (χ1) is 13.7. The van der Waals surface area contributed by atoms with E-state index in [0.29, 0.717) is 24.2 Å². The van der Waals surface area contributed by atoms with Gasteiger partial charge in [-0.05, 0) is 56.2 Å². The van der Waals surface area contributed by atoms with Crippen molar-refractivity contribution in [3.63, 3.8) is 0 Å². The second-order valence-corrected chi connectivity index (χ2v) is 9.10. The van der Waals surface area contributed by atoms with Gasteiger partial charge in [-0.1, -0.05) is 18.2 Å². The molecule has 0 aliphatic carbocycles. The largest absolute Gasteiger partial charge is 0.452 e. The zero-order chi connectivity index (χ0) is 21.2. The van der Waals surface area contributed by atoms with E-state index < -0.39 is 16.0 Å². The number of fused-ring (bicyclic) bond motifs is 1. The topological polar surface area (TPSA) is 84.0 Å². The zero-order valence-corrected chi connectivity index (χ0v) is 17.5. The molecule has 0 radical (unpaired) electrons. The molecular weight excluding hydrogens is 392 g/mol. The van der Waals surface area contributed by atoms with Crippen molar-refractivity contribution in [3.8, 4) is 0 Å². The molecule has 2 aromatic rings. The minimum Gasteiger partial charge on any atom is -0.452 e. The summed E-state index contributed by atoms with van der Waals surface area (Å²) < 4.78 is 30.2. The Morgan fingerprint density at radius 1 is 1.14 bits per heavy atom. The molecule has 1 amide bonds. The molecule has 8 heteroatoms. The minimum absolute atomic E-state index is 0.0921. The van der Waals surface area contributed by atoms with Crippen LogP contribution in [0, 0.1) is 0 Å². The number of anilines is 2. The number of nitrogens with zero attached hydrogens (tertiary/aromatic N) is 2. The molecule has 0 aromatic heterocycles. The molecule has 0 atom stereocenters. The van der Waals surface area contributed by atoms with Crippen LogP contribution in [0.5, 0.6) is 0 Å². The number of carbonyl (C=O) groups is 2. The van der Waals surface area contributed by atoms with Crippen LogP contribution in [0.15, 0.2) is 48.5 Å². The number of sulfonamides is 1. The van der Waals surface area contributed by atoms with Crippen molar-refractivity contribution in [2.75, 3.05) is 28.6 Å². The fraction of sp³-hybridized carbons (Fsp3) is 0.333. The molecule has 0 fully saturated rings. The van der Waals surface area contributed by atoms with E-state index >= 15 is 0 Å². The van der Waals surface area contributed by atoms with Gasteiger partial charge in [0.25, 0.3) is 5.91 Å². The van der Waals surface area contributed by atoms with Crippen LogP contribution in [0.25, 0.3) is 0 Å². The van der Waals surface area contributed by atoms with Gasteiger partial charge in [-0.3, -0.25) is 9.10 Å². The fourth-order valence-corrected chi connectivity index (χ4v) is 4.40. The van der Waals surface area contributed by atoms with Crippen LogP contribution in [-0.4, -0.2) is 45.7 Å². The smallest absolute Gasteiger partial charge is 0.338 e. The van der Waals surface area contributed by atoms with E-state index in [4.69, 9.17) is 4.74 Å². The quantitative estimate of drug-likeness (QED) is 0.676. The Morgan fingerprint density at radius 2 is 1.83 bits per heavy atom. The number of para-hydroxylation sites is 1. The summed E-state index contributed by atoms with van der Waals surface area (Å²) in [6, 6.07) is 13.9. The molecule has 1 aliphatic rings. The lowest BCUT2D eigenvalue weighted by atomic mass is 10.1. The monoisotopic (exact) mass is 416 g/mol. The van der Waals surface area contributed by atoms with Gasteiger partial charge in [0.2, 0.25) is 10.0 Å². The lowest BCUT2D eigenvalue weighted by Gasteiger charge is -2.26. The summed E-state index contributed by atoms with van der Waals surface area (Å²) in [5.41, 5.74) is 2.38. The van der Waals surface area contributed by atoms with Gasteiger partial charge < -0.3 is 9.64 Å². The van der Waals surface area contributed by atoms with E-state index in [2.05, 4.69) is 0 Å². The van der Waals surface area contributed by atoms with Crippen LogP contribution < -0.4 is 9.21 Å². The number of hydrogen-bond acceptors (Lipinski definition) is 5. The summed E-state index contributed by atoms with van der Waals surface area (Å²) in [6.07, 6.45) is 1.68. The maximum absolute atomic E-state index is 12.6. The molecule has 1 heterocycles. The molecule has 2 aromatic carbocycles. The van der Waals surface area contributed by atoms with Crippen LogP contribution >= 0.6 is 0 Å². The summed E-state index contributed by atoms with van der Waals surface area (Å²) in [5.74, 6) is -0.931. The minimum atomic E-state index is -3.35. The number of ether oxygens (including phenoxy) is 1. The van der Waals surface area contributed by atoms with E-state index in [1.54, 1.807) is 17.0 Å². The average Bonchev–Trinajstić information content (AvgIpc) is 3.10. The Labute approximate surface area is 170 Å². The molecule has 0 saturated heterocycles. The second-order valence-electron chi connectivity index (χ2n) is 7.20. The van der Waals surface area contributed by atoms with E-state index in [9.17, 15) is 18.0 Å². The Hall–Kier alpha value is -2.87. The summed E-state index contributed by atoms with van der Waals surface area (Å²) in [6.45, 7) is 3.76. The molecule has 0 bridgehead atoms. The average molecular weight is 416 g/mol. The van der Waals surface area contributed by atoms with Gasteiger partial charge in [0.1, 0.15) is 0 Å². The molecule has 1 aliphatic heterocycles. The summed E-state index contributed by atoms with van der Waals surface area (Å²) in [4.78, 5) is 26.7. The van der Waals surface area contributed by atoms with Crippen molar-refractivity contribution in [1.82, 2.24) is 0 Å². The number of esters is 1. The van der Waals surface area contributed by atoms with E-state index in [0.717, 1.165) is 17.5 Å². The van der Waals surface area contributed by atoms with Crippen LogP contribution in [0.4, 0.5) is 11.4 Å². The van der Waals surface area contributed by atoms with Gasteiger partial charge in [-0.2, -0.15) is 0 Å². The normalized spacial score (nSPS) is 13.3. The standard InChI is InChI=1S/C21H24N2O5S/c1-15(2)23(18-7-5-4-6-8-18)20(24)14-28-21(25)17-9-10-19-16(13-17)11-12-22(19)29(3,26)27/h4-10,13,15H,11-12,14H2,1-3H3. The lowest BCUT2D eigenvalue weighted by molar-refractivity contribution is -0.122. The van der Waals surface area contributed by atoms with Crippen LogP contribution in [0.1, 0.15) is 29.8 Å². The highest BCUT2D eigenvalue weighted by molar-refractivity contribution is 7.92. The molecule has 0 saturated carbocycles. The fourth-order valence-electron chi connectivity index (χ4n) is 3.44. The highest BCUT2D eigenvalue weighted by Gasteiger charge is 2.27. The summed E-state index contributed by atoms with van der Waals surface area (Å²) in [5, 5.41) is 0. The third-order valence-electron chi connectivity index (χ3n) is 4.71. The van der Waals surface area contributed by atoms with E-state index in [1.807, 2.05) is 44.2 Å². The zero-order valence-electron chi connectivity index (χ0n) is 16.7. The molecule has 29 heavy (non-hydrogen) atoms. The first kappa shape index (κ1) is 20.9. The van der Waals surface area contributed by atoms with E-state index in [-0.39, 0.29) is 18.6 Å². The SMILES string of the molecule is CC(C)N(C(=O)COC(=O)c1ccc2c(c1)CCN2S(C)(=O)=O)c1ccccc1. The van der Waals surface area contributed by atoms with Gasteiger partial charge in [0.05, 0.1) is 17.5 Å².